The van der Waals surface area contributed by atoms with Crippen LogP contribution in [0, 0.1) is 0 Å². The first kappa shape index (κ1) is 13.1. The second-order valence-electron chi connectivity index (χ2n) is 3.43. The molecule has 0 spiro atoms. The van der Waals surface area contributed by atoms with Gasteiger partial charge >= 0.3 is 0 Å². The minimum Gasteiger partial charge on any atom is -0.267 e. The summed E-state index contributed by atoms with van der Waals surface area (Å²) in [7, 11) is -3.98. The molecule has 1 aromatic carbocycles. The van der Waals surface area contributed by atoms with Gasteiger partial charge in [0.1, 0.15) is 5.02 Å². The second-order valence-corrected chi connectivity index (χ2v) is 6.08. The van der Waals surface area contributed by atoms with E-state index in [1.54, 1.807) is 18.2 Å². The molecule has 0 fully saturated rings. The number of rotatable bonds is 2. The van der Waals surface area contributed by atoms with E-state index in [1.165, 1.54) is 18.2 Å². The number of hydrogen-bond donors (Lipinski definition) is 0. The van der Waals surface area contributed by atoms with Crippen LogP contribution < -0.4 is 5.56 Å². The summed E-state index contributed by atoms with van der Waals surface area (Å²) in [6, 6.07) is 8.76. The number of hydrogen-bond acceptors (Lipinski definition) is 3. The zero-order valence-electron chi connectivity index (χ0n) is 8.88. The minimum atomic E-state index is -3.98. The maximum absolute atomic E-state index is 12.2. The summed E-state index contributed by atoms with van der Waals surface area (Å²) in [5.74, 6) is 0. The molecule has 1 aromatic heterocycles. The molecule has 1 heterocycles. The number of pyridine rings is 1. The van der Waals surface area contributed by atoms with Gasteiger partial charge in [0.2, 0.25) is 0 Å². The topological polar surface area (TPSA) is 56.1 Å². The third-order valence-electron chi connectivity index (χ3n) is 2.21. The molecule has 2 aromatic rings. The molecule has 0 aliphatic heterocycles. The van der Waals surface area contributed by atoms with E-state index in [0.717, 1.165) is 6.20 Å². The molecular formula is C11H7Cl2NO3S. The molecule has 0 bridgehead atoms. The van der Waals surface area contributed by atoms with Crippen molar-refractivity contribution in [2.24, 2.45) is 0 Å². The molecule has 0 saturated heterocycles. The van der Waals surface area contributed by atoms with Crippen LogP contribution >= 0.6 is 23.2 Å². The molecule has 0 aliphatic carbocycles. The van der Waals surface area contributed by atoms with Gasteiger partial charge in [-0.25, -0.2) is 12.4 Å². The summed E-state index contributed by atoms with van der Waals surface area (Å²) in [6.45, 7) is 0. The van der Waals surface area contributed by atoms with Gasteiger partial charge in [-0.05, 0) is 18.2 Å². The molecule has 94 valence electrons. The lowest BCUT2D eigenvalue weighted by Crippen LogP contribution is -2.27. The van der Waals surface area contributed by atoms with Crippen LogP contribution in [0.5, 0.6) is 0 Å². The summed E-state index contributed by atoms with van der Waals surface area (Å²) < 4.78 is 24.9. The SMILES string of the molecule is O=c1c(Cl)cc(Cl)cn1S(=O)(=O)c1ccccc1. The fourth-order valence-electron chi connectivity index (χ4n) is 1.38. The van der Waals surface area contributed by atoms with Crippen LogP contribution in [0.2, 0.25) is 10.0 Å². The Bertz CT molecular complexity index is 739. The third-order valence-corrected chi connectivity index (χ3v) is 4.34. The molecule has 0 N–H and O–H groups in total. The highest BCUT2D eigenvalue weighted by molar-refractivity contribution is 7.90. The highest BCUT2D eigenvalue weighted by Gasteiger charge is 2.19. The maximum atomic E-state index is 12.2. The van der Waals surface area contributed by atoms with Crippen molar-refractivity contribution < 1.29 is 8.42 Å². The molecule has 0 unspecified atom stereocenters. The predicted octanol–water partition coefficient (Wildman–Crippen LogP) is 2.39. The first-order chi connectivity index (χ1) is 8.43. The number of aromatic nitrogens is 1. The Kier molecular flexibility index (Phi) is 3.47. The summed E-state index contributed by atoms with van der Waals surface area (Å²) in [6.07, 6.45) is 1.03. The Hall–Kier alpha value is -1.30. The van der Waals surface area contributed by atoms with Crippen molar-refractivity contribution in [3.05, 3.63) is 63.0 Å². The summed E-state index contributed by atoms with van der Waals surface area (Å²) >= 11 is 11.3. The van der Waals surface area contributed by atoms with E-state index in [9.17, 15) is 13.2 Å². The van der Waals surface area contributed by atoms with Crippen molar-refractivity contribution in [1.29, 1.82) is 0 Å². The first-order valence-electron chi connectivity index (χ1n) is 4.81. The molecule has 0 amide bonds. The number of halogens is 2. The molecule has 2 rings (SSSR count). The van der Waals surface area contributed by atoms with Crippen molar-refractivity contribution in [2.75, 3.05) is 0 Å². The second kappa shape index (κ2) is 4.76. The van der Waals surface area contributed by atoms with Gasteiger partial charge in [0.25, 0.3) is 15.6 Å². The fourth-order valence-corrected chi connectivity index (χ4v) is 3.26. The lowest BCUT2D eigenvalue weighted by Gasteiger charge is -2.08. The quantitative estimate of drug-likeness (QED) is 0.856. The molecule has 0 atom stereocenters. The van der Waals surface area contributed by atoms with Gasteiger partial charge in [0.05, 0.1) is 9.92 Å². The Morgan fingerprint density at radius 2 is 1.67 bits per heavy atom. The number of nitrogens with zero attached hydrogens (tertiary/aromatic N) is 1. The van der Waals surface area contributed by atoms with Crippen LogP contribution in [-0.4, -0.2) is 12.4 Å². The van der Waals surface area contributed by atoms with Crippen molar-refractivity contribution in [3.8, 4) is 0 Å². The smallest absolute Gasteiger partial charge is 0.267 e. The first-order valence-corrected chi connectivity index (χ1v) is 7.01. The van der Waals surface area contributed by atoms with Crippen LogP contribution in [0.15, 0.2) is 52.3 Å². The lowest BCUT2D eigenvalue weighted by molar-refractivity contribution is 0.585. The molecular weight excluding hydrogens is 297 g/mol. The molecule has 7 heteroatoms. The number of benzene rings is 1. The molecule has 4 nitrogen and oxygen atoms in total. The highest BCUT2D eigenvalue weighted by atomic mass is 35.5. The fraction of sp³-hybridized carbons (Fsp3) is 0. The third kappa shape index (κ3) is 2.29. The van der Waals surface area contributed by atoms with Crippen LogP contribution in [0.25, 0.3) is 0 Å². The van der Waals surface area contributed by atoms with Gasteiger partial charge in [-0.1, -0.05) is 41.4 Å². The van der Waals surface area contributed by atoms with Crippen molar-refractivity contribution in [3.63, 3.8) is 0 Å². The Balaban J connectivity index is 2.74. The average Bonchev–Trinajstić information content (AvgIpc) is 2.34. The largest absolute Gasteiger partial charge is 0.283 e. The molecule has 0 aliphatic rings. The Morgan fingerprint density at radius 1 is 1.06 bits per heavy atom. The van der Waals surface area contributed by atoms with Crippen molar-refractivity contribution >= 4 is 33.2 Å². The lowest BCUT2D eigenvalue weighted by atomic mass is 10.4. The monoisotopic (exact) mass is 303 g/mol. The zero-order valence-corrected chi connectivity index (χ0v) is 11.2. The van der Waals surface area contributed by atoms with Gasteiger partial charge in [-0.2, -0.15) is 0 Å². The van der Waals surface area contributed by atoms with Gasteiger partial charge < -0.3 is 0 Å². The Labute approximate surface area is 113 Å². The summed E-state index contributed by atoms with van der Waals surface area (Å²) in [4.78, 5) is 11.7. The van der Waals surface area contributed by atoms with Crippen LogP contribution in [0.4, 0.5) is 0 Å². The van der Waals surface area contributed by atoms with Gasteiger partial charge in [-0.15, -0.1) is 0 Å². The van der Waals surface area contributed by atoms with Crippen LogP contribution in [0.3, 0.4) is 0 Å². The predicted molar refractivity (Wildman–Crippen MR) is 69.7 cm³/mol. The molecule has 0 saturated carbocycles. The standard InChI is InChI=1S/C11H7Cl2NO3S/c12-8-6-10(13)11(15)14(7-8)18(16,17)9-4-2-1-3-5-9/h1-7H. The van der Waals surface area contributed by atoms with E-state index in [-0.39, 0.29) is 14.9 Å². The van der Waals surface area contributed by atoms with E-state index < -0.39 is 15.6 Å². The van der Waals surface area contributed by atoms with Crippen molar-refractivity contribution in [2.45, 2.75) is 4.90 Å². The molecule has 18 heavy (non-hydrogen) atoms. The normalized spacial score (nSPS) is 11.4. The van der Waals surface area contributed by atoms with E-state index in [0.29, 0.717) is 3.97 Å². The van der Waals surface area contributed by atoms with Gasteiger partial charge in [0.15, 0.2) is 0 Å². The van der Waals surface area contributed by atoms with E-state index in [1.807, 2.05) is 0 Å². The van der Waals surface area contributed by atoms with Crippen LogP contribution in [-0.2, 0) is 10.0 Å². The van der Waals surface area contributed by atoms with Crippen LogP contribution in [0.1, 0.15) is 0 Å². The highest BCUT2D eigenvalue weighted by Crippen LogP contribution is 2.16. The minimum absolute atomic E-state index is 0.00886. The average molecular weight is 304 g/mol. The zero-order chi connectivity index (χ0) is 13.3. The maximum Gasteiger partial charge on any atom is 0.283 e. The van der Waals surface area contributed by atoms with Gasteiger partial charge in [0, 0.05) is 6.20 Å². The Morgan fingerprint density at radius 3 is 2.28 bits per heavy atom. The molecule has 0 radical (unpaired) electrons. The summed E-state index contributed by atoms with van der Waals surface area (Å²) in [5, 5.41) is -0.180. The van der Waals surface area contributed by atoms with E-state index >= 15 is 0 Å². The van der Waals surface area contributed by atoms with Gasteiger partial charge in [-0.3, -0.25) is 4.79 Å². The van der Waals surface area contributed by atoms with E-state index in [2.05, 4.69) is 0 Å². The van der Waals surface area contributed by atoms with Crippen molar-refractivity contribution in [1.82, 2.24) is 3.97 Å². The van der Waals surface area contributed by atoms with E-state index in [4.69, 9.17) is 23.2 Å². The summed E-state index contributed by atoms with van der Waals surface area (Å²) in [5.41, 5.74) is -0.829.